The second-order valence-corrected chi connectivity index (χ2v) is 7.09. The fourth-order valence-electron chi connectivity index (χ4n) is 2.87. The third kappa shape index (κ3) is 4.32. The monoisotopic (exact) mass is 274 g/mol. The van der Waals surface area contributed by atoms with Gasteiger partial charge in [-0.1, -0.05) is 39.0 Å². The molecule has 112 valence electrons. The molecule has 0 bridgehead atoms. The van der Waals surface area contributed by atoms with Gasteiger partial charge in [-0.25, -0.2) is 0 Å². The largest absolute Gasteiger partial charge is 0.314 e. The van der Waals surface area contributed by atoms with Crippen molar-refractivity contribution in [2.45, 2.75) is 46.0 Å². The Morgan fingerprint density at radius 3 is 2.45 bits per heavy atom. The first-order chi connectivity index (χ1) is 9.47. The molecule has 0 aromatic heterocycles. The van der Waals surface area contributed by atoms with Gasteiger partial charge in [-0.3, -0.25) is 0 Å². The van der Waals surface area contributed by atoms with Crippen molar-refractivity contribution in [3.05, 3.63) is 34.9 Å². The Kier molecular flexibility index (Phi) is 5.22. The number of benzene rings is 1. The summed E-state index contributed by atoms with van der Waals surface area (Å²) in [4.78, 5) is 2.58. The molecule has 2 heteroatoms. The molecule has 1 aromatic carbocycles. The van der Waals surface area contributed by atoms with Gasteiger partial charge in [0.25, 0.3) is 0 Å². The number of piperazine rings is 1. The molecule has 0 radical (unpaired) electrons. The molecular weight excluding hydrogens is 244 g/mol. The average molecular weight is 274 g/mol. The molecule has 0 spiro atoms. The van der Waals surface area contributed by atoms with Crippen LogP contribution in [0.1, 0.15) is 43.9 Å². The Morgan fingerprint density at radius 1 is 1.15 bits per heavy atom. The maximum atomic E-state index is 3.41. The van der Waals surface area contributed by atoms with Gasteiger partial charge in [0.15, 0.2) is 0 Å². The molecule has 1 N–H and O–H groups in total. The summed E-state index contributed by atoms with van der Waals surface area (Å²) >= 11 is 0. The zero-order valence-corrected chi connectivity index (χ0v) is 13.6. The summed E-state index contributed by atoms with van der Waals surface area (Å²) in [5, 5.41) is 3.41. The Labute approximate surface area is 124 Å². The van der Waals surface area contributed by atoms with Gasteiger partial charge < -0.3 is 10.2 Å². The van der Waals surface area contributed by atoms with Gasteiger partial charge in [-0.2, -0.15) is 0 Å². The van der Waals surface area contributed by atoms with Gasteiger partial charge in [0, 0.05) is 26.2 Å². The lowest BCUT2D eigenvalue weighted by atomic mass is 9.85. The quantitative estimate of drug-likeness (QED) is 0.907. The second kappa shape index (κ2) is 6.73. The second-order valence-electron chi connectivity index (χ2n) is 7.09. The summed E-state index contributed by atoms with van der Waals surface area (Å²) in [6.07, 6.45) is 2.48. The fourth-order valence-corrected chi connectivity index (χ4v) is 2.87. The highest BCUT2D eigenvalue weighted by Gasteiger charge is 2.14. The molecule has 0 amide bonds. The van der Waals surface area contributed by atoms with Gasteiger partial charge in [0.1, 0.15) is 0 Å². The summed E-state index contributed by atoms with van der Waals surface area (Å²) < 4.78 is 0. The van der Waals surface area contributed by atoms with E-state index in [4.69, 9.17) is 0 Å². The van der Waals surface area contributed by atoms with Crippen LogP contribution in [0, 0.1) is 6.92 Å². The molecule has 2 nitrogen and oxygen atoms in total. The standard InChI is InChI=1S/C18H30N2/c1-15-14-17(18(2,3)4)8-7-16(15)6-5-11-20-12-9-19-10-13-20/h7-8,14,19H,5-6,9-13H2,1-4H3. The maximum absolute atomic E-state index is 3.41. The summed E-state index contributed by atoms with van der Waals surface area (Å²) in [6.45, 7) is 15.1. The van der Waals surface area contributed by atoms with Crippen molar-refractivity contribution in [3.8, 4) is 0 Å². The van der Waals surface area contributed by atoms with Crippen LogP contribution in [0.15, 0.2) is 18.2 Å². The van der Waals surface area contributed by atoms with E-state index in [1.54, 1.807) is 0 Å². The minimum absolute atomic E-state index is 0.254. The minimum atomic E-state index is 0.254. The highest BCUT2D eigenvalue weighted by atomic mass is 15.2. The molecule has 0 atom stereocenters. The maximum Gasteiger partial charge on any atom is 0.0107 e. The molecular formula is C18H30N2. The number of aryl methyl sites for hydroxylation is 2. The molecule has 1 aliphatic heterocycles. The van der Waals surface area contributed by atoms with E-state index in [-0.39, 0.29) is 5.41 Å². The van der Waals surface area contributed by atoms with Gasteiger partial charge in [0.05, 0.1) is 0 Å². The molecule has 0 aliphatic carbocycles. The topological polar surface area (TPSA) is 15.3 Å². The predicted octanol–water partition coefficient (Wildman–Crippen LogP) is 3.13. The van der Waals surface area contributed by atoms with Crippen molar-refractivity contribution >= 4 is 0 Å². The Morgan fingerprint density at radius 2 is 1.85 bits per heavy atom. The summed E-state index contributed by atoms with van der Waals surface area (Å²) in [6, 6.07) is 7.03. The van der Waals surface area contributed by atoms with E-state index in [0.717, 1.165) is 13.1 Å². The van der Waals surface area contributed by atoms with Crippen molar-refractivity contribution in [1.82, 2.24) is 10.2 Å². The zero-order valence-electron chi connectivity index (χ0n) is 13.6. The lowest BCUT2D eigenvalue weighted by Crippen LogP contribution is -2.43. The van der Waals surface area contributed by atoms with Crippen LogP contribution in [0.25, 0.3) is 0 Å². The van der Waals surface area contributed by atoms with E-state index >= 15 is 0 Å². The Hall–Kier alpha value is -0.860. The van der Waals surface area contributed by atoms with Crippen molar-refractivity contribution in [2.24, 2.45) is 0 Å². The van der Waals surface area contributed by atoms with Crippen molar-refractivity contribution in [2.75, 3.05) is 32.7 Å². The lowest BCUT2D eigenvalue weighted by molar-refractivity contribution is 0.238. The summed E-state index contributed by atoms with van der Waals surface area (Å²) in [5.41, 5.74) is 4.68. The van der Waals surface area contributed by atoms with Crippen LogP contribution in [-0.2, 0) is 11.8 Å². The Balaban J connectivity index is 1.86. The number of nitrogens with one attached hydrogen (secondary N) is 1. The molecule has 1 saturated heterocycles. The SMILES string of the molecule is Cc1cc(C(C)(C)C)ccc1CCCN1CCNCC1. The van der Waals surface area contributed by atoms with Crippen LogP contribution in [0.4, 0.5) is 0 Å². The molecule has 1 aliphatic rings. The molecule has 1 heterocycles. The Bertz CT molecular complexity index is 426. The number of nitrogens with zero attached hydrogens (tertiary/aromatic N) is 1. The van der Waals surface area contributed by atoms with Gasteiger partial charge >= 0.3 is 0 Å². The molecule has 1 fully saturated rings. The molecule has 0 unspecified atom stereocenters. The van der Waals surface area contributed by atoms with Crippen LogP contribution in [0.5, 0.6) is 0 Å². The van der Waals surface area contributed by atoms with Crippen LogP contribution in [-0.4, -0.2) is 37.6 Å². The number of hydrogen-bond acceptors (Lipinski definition) is 2. The van der Waals surface area contributed by atoms with E-state index in [9.17, 15) is 0 Å². The summed E-state index contributed by atoms with van der Waals surface area (Å²) in [5.74, 6) is 0. The highest BCUT2D eigenvalue weighted by molar-refractivity contribution is 5.34. The molecule has 1 aromatic rings. The number of rotatable bonds is 4. The fraction of sp³-hybridized carbons (Fsp3) is 0.667. The van der Waals surface area contributed by atoms with Crippen molar-refractivity contribution in [1.29, 1.82) is 0 Å². The van der Waals surface area contributed by atoms with Gasteiger partial charge in [-0.05, 0) is 48.4 Å². The first-order valence-corrected chi connectivity index (χ1v) is 8.00. The van der Waals surface area contributed by atoms with E-state index in [0.29, 0.717) is 0 Å². The predicted molar refractivity (Wildman–Crippen MR) is 87.5 cm³/mol. The van der Waals surface area contributed by atoms with Crippen molar-refractivity contribution < 1.29 is 0 Å². The number of hydrogen-bond donors (Lipinski definition) is 1. The smallest absolute Gasteiger partial charge is 0.0107 e. The van der Waals surface area contributed by atoms with E-state index in [2.05, 4.69) is 56.1 Å². The third-order valence-electron chi connectivity index (χ3n) is 4.34. The van der Waals surface area contributed by atoms with Gasteiger partial charge in [0.2, 0.25) is 0 Å². The third-order valence-corrected chi connectivity index (χ3v) is 4.34. The lowest BCUT2D eigenvalue weighted by Gasteiger charge is -2.27. The van der Waals surface area contributed by atoms with E-state index < -0.39 is 0 Å². The highest BCUT2D eigenvalue weighted by Crippen LogP contribution is 2.24. The first-order valence-electron chi connectivity index (χ1n) is 8.00. The molecule has 2 rings (SSSR count). The normalized spacial score (nSPS) is 17.4. The van der Waals surface area contributed by atoms with Crippen LogP contribution in [0.2, 0.25) is 0 Å². The average Bonchev–Trinajstić information content (AvgIpc) is 2.40. The van der Waals surface area contributed by atoms with Crippen LogP contribution in [0.3, 0.4) is 0 Å². The van der Waals surface area contributed by atoms with E-state index in [1.807, 2.05) is 0 Å². The first kappa shape index (κ1) is 15.5. The zero-order chi connectivity index (χ0) is 14.6. The van der Waals surface area contributed by atoms with Crippen LogP contribution >= 0.6 is 0 Å². The molecule has 20 heavy (non-hydrogen) atoms. The summed E-state index contributed by atoms with van der Waals surface area (Å²) in [7, 11) is 0. The van der Waals surface area contributed by atoms with Gasteiger partial charge in [-0.15, -0.1) is 0 Å². The minimum Gasteiger partial charge on any atom is -0.314 e. The molecule has 0 saturated carbocycles. The van der Waals surface area contributed by atoms with Crippen molar-refractivity contribution in [3.63, 3.8) is 0 Å². The van der Waals surface area contributed by atoms with E-state index in [1.165, 1.54) is 49.2 Å². The van der Waals surface area contributed by atoms with Crippen LogP contribution < -0.4 is 5.32 Å².